The topological polar surface area (TPSA) is 55.6 Å². The quantitative estimate of drug-likeness (QED) is 0.933. The van der Waals surface area contributed by atoms with Crippen molar-refractivity contribution in [3.05, 3.63) is 16.3 Å². The standard InChI is InChI=1S/C13H20N2O2S.ClH/c1-9(14)10-5-3-4-7-15(10)13(16)12-11(17-2)6-8-18-12;/h6,8-10H,3-5,7,14H2,1-2H3;1H. The van der Waals surface area contributed by atoms with Gasteiger partial charge in [-0.1, -0.05) is 0 Å². The molecule has 2 rings (SSSR count). The van der Waals surface area contributed by atoms with Crippen molar-refractivity contribution in [1.29, 1.82) is 0 Å². The first-order valence-electron chi connectivity index (χ1n) is 6.33. The smallest absolute Gasteiger partial charge is 0.268 e. The molecule has 2 unspecified atom stereocenters. The average Bonchev–Trinajstić information content (AvgIpc) is 2.86. The molecule has 0 aromatic carbocycles. The van der Waals surface area contributed by atoms with Gasteiger partial charge in [-0.15, -0.1) is 23.7 Å². The van der Waals surface area contributed by atoms with E-state index in [1.54, 1.807) is 7.11 Å². The molecule has 0 spiro atoms. The van der Waals surface area contributed by atoms with Gasteiger partial charge in [0.1, 0.15) is 10.6 Å². The fourth-order valence-corrected chi connectivity index (χ4v) is 3.31. The third kappa shape index (κ3) is 3.41. The predicted molar refractivity (Wildman–Crippen MR) is 80.4 cm³/mol. The van der Waals surface area contributed by atoms with Gasteiger partial charge in [-0.05, 0) is 37.6 Å². The molecule has 1 aromatic rings. The van der Waals surface area contributed by atoms with Gasteiger partial charge >= 0.3 is 0 Å². The number of hydrogen-bond acceptors (Lipinski definition) is 4. The van der Waals surface area contributed by atoms with E-state index in [2.05, 4.69) is 0 Å². The van der Waals surface area contributed by atoms with Crippen LogP contribution in [0.15, 0.2) is 11.4 Å². The number of likely N-dealkylation sites (tertiary alicyclic amines) is 1. The summed E-state index contributed by atoms with van der Waals surface area (Å²) in [4.78, 5) is 15.2. The maximum Gasteiger partial charge on any atom is 0.268 e. The van der Waals surface area contributed by atoms with Crippen LogP contribution in [0.5, 0.6) is 5.75 Å². The van der Waals surface area contributed by atoms with Gasteiger partial charge in [0, 0.05) is 18.6 Å². The van der Waals surface area contributed by atoms with Crippen molar-refractivity contribution in [2.45, 2.75) is 38.3 Å². The van der Waals surface area contributed by atoms with Crippen molar-refractivity contribution < 1.29 is 9.53 Å². The van der Waals surface area contributed by atoms with Crippen LogP contribution in [-0.4, -0.2) is 36.5 Å². The summed E-state index contributed by atoms with van der Waals surface area (Å²) in [6, 6.07) is 2.00. The lowest BCUT2D eigenvalue weighted by Crippen LogP contribution is -2.51. The SMILES string of the molecule is COc1ccsc1C(=O)N1CCCCC1C(C)N.Cl. The normalized spacial score (nSPS) is 20.6. The highest BCUT2D eigenvalue weighted by Gasteiger charge is 2.31. The first-order valence-corrected chi connectivity index (χ1v) is 7.21. The Bertz CT molecular complexity index is 423. The Morgan fingerprint density at radius 1 is 1.58 bits per heavy atom. The van der Waals surface area contributed by atoms with E-state index >= 15 is 0 Å². The van der Waals surface area contributed by atoms with Crippen LogP contribution in [-0.2, 0) is 0 Å². The molecule has 19 heavy (non-hydrogen) atoms. The predicted octanol–water partition coefficient (Wildman–Crippen LogP) is 2.52. The Balaban J connectivity index is 0.00000180. The number of carbonyl (C=O) groups excluding carboxylic acids is 1. The zero-order valence-electron chi connectivity index (χ0n) is 11.3. The van der Waals surface area contributed by atoms with Gasteiger partial charge in [-0.3, -0.25) is 4.79 Å². The number of nitrogens with zero attached hydrogens (tertiary/aromatic N) is 1. The number of rotatable bonds is 3. The molecular weight excluding hydrogens is 284 g/mol. The van der Waals surface area contributed by atoms with E-state index in [9.17, 15) is 4.79 Å². The highest BCUT2D eigenvalue weighted by atomic mass is 35.5. The second kappa shape index (κ2) is 7.12. The molecular formula is C13H21ClN2O2S. The molecule has 0 bridgehead atoms. The van der Waals surface area contributed by atoms with Crippen LogP contribution in [0.4, 0.5) is 0 Å². The van der Waals surface area contributed by atoms with Gasteiger partial charge in [0.05, 0.1) is 7.11 Å². The van der Waals surface area contributed by atoms with Gasteiger partial charge in [0.15, 0.2) is 0 Å². The Kier molecular flexibility index (Phi) is 6.10. The third-order valence-corrected chi connectivity index (χ3v) is 4.34. The number of ether oxygens (including phenoxy) is 1. The number of amides is 1. The molecule has 2 N–H and O–H groups in total. The van der Waals surface area contributed by atoms with E-state index in [-0.39, 0.29) is 30.4 Å². The second-order valence-corrected chi connectivity index (χ2v) is 5.66. The highest BCUT2D eigenvalue weighted by molar-refractivity contribution is 7.12. The molecule has 4 nitrogen and oxygen atoms in total. The minimum absolute atomic E-state index is 0. The molecule has 1 amide bonds. The van der Waals surface area contributed by atoms with E-state index < -0.39 is 0 Å². The summed E-state index contributed by atoms with van der Waals surface area (Å²) in [5, 5.41) is 1.89. The van der Waals surface area contributed by atoms with Gasteiger partial charge in [0.2, 0.25) is 0 Å². The van der Waals surface area contributed by atoms with Gasteiger partial charge in [0.25, 0.3) is 5.91 Å². The van der Waals surface area contributed by atoms with Crippen molar-refractivity contribution in [1.82, 2.24) is 4.90 Å². The Morgan fingerprint density at radius 3 is 2.95 bits per heavy atom. The van der Waals surface area contributed by atoms with Crippen LogP contribution >= 0.6 is 23.7 Å². The van der Waals surface area contributed by atoms with Gasteiger partial charge in [-0.2, -0.15) is 0 Å². The van der Waals surface area contributed by atoms with E-state index in [4.69, 9.17) is 10.5 Å². The molecule has 0 radical (unpaired) electrons. The lowest BCUT2D eigenvalue weighted by atomic mass is 9.97. The first-order chi connectivity index (χ1) is 8.65. The van der Waals surface area contributed by atoms with Crippen molar-refractivity contribution >= 4 is 29.7 Å². The summed E-state index contributed by atoms with van der Waals surface area (Å²) in [6.07, 6.45) is 3.21. The number of nitrogens with two attached hydrogens (primary N) is 1. The average molecular weight is 305 g/mol. The second-order valence-electron chi connectivity index (χ2n) is 4.74. The van der Waals surface area contributed by atoms with E-state index in [1.165, 1.54) is 11.3 Å². The van der Waals surface area contributed by atoms with Crippen molar-refractivity contribution in [2.24, 2.45) is 5.73 Å². The zero-order chi connectivity index (χ0) is 13.1. The Labute approximate surface area is 124 Å². The molecule has 1 fully saturated rings. The van der Waals surface area contributed by atoms with E-state index in [0.717, 1.165) is 25.8 Å². The minimum atomic E-state index is 0. The number of carbonyl (C=O) groups is 1. The molecule has 6 heteroatoms. The van der Waals surface area contributed by atoms with Crippen LogP contribution in [0.3, 0.4) is 0 Å². The Morgan fingerprint density at radius 2 is 2.32 bits per heavy atom. The lowest BCUT2D eigenvalue weighted by Gasteiger charge is -2.37. The van der Waals surface area contributed by atoms with E-state index in [1.807, 2.05) is 23.3 Å². The number of piperidine rings is 1. The largest absolute Gasteiger partial charge is 0.495 e. The fraction of sp³-hybridized carbons (Fsp3) is 0.615. The van der Waals surface area contributed by atoms with Gasteiger partial charge < -0.3 is 15.4 Å². The number of halogens is 1. The molecule has 1 aliphatic heterocycles. The molecule has 1 aliphatic rings. The molecule has 2 heterocycles. The monoisotopic (exact) mass is 304 g/mol. The molecule has 1 saturated heterocycles. The van der Waals surface area contributed by atoms with Crippen LogP contribution in [0.1, 0.15) is 35.9 Å². The van der Waals surface area contributed by atoms with E-state index in [0.29, 0.717) is 10.6 Å². The lowest BCUT2D eigenvalue weighted by molar-refractivity contribution is 0.0586. The van der Waals surface area contributed by atoms with Crippen LogP contribution < -0.4 is 10.5 Å². The summed E-state index contributed by atoms with van der Waals surface area (Å²) in [6.45, 7) is 2.77. The highest BCUT2D eigenvalue weighted by Crippen LogP contribution is 2.29. The Hall–Kier alpha value is -0.780. The third-order valence-electron chi connectivity index (χ3n) is 3.46. The maximum absolute atomic E-state index is 12.6. The first kappa shape index (κ1) is 16.3. The molecule has 108 valence electrons. The van der Waals surface area contributed by atoms with Gasteiger partial charge in [-0.25, -0.2) is 0 Å². The summed E-state index contributed by atoms with van der Waals surface area (Å²) < 4.78 is 5.22. The maximum atomic E-state index is 12.6. The molecule has 1 aromatic heterocycles. The minimum Gasteiger partial charge on any atom is -0.495 e. The number of methoxy groups -OCH3 is 1. The molecule has 0 aliphatic carbocycles. The zero-order valence-corrected chi connectivity index (χ0v) is 12.9. The van der Waals surface area contributed by atoms with Crippen molar-refractivity contribution in [3.63, 3.8) is 0 Å². The number of thiophene rings is 1. The van der Waals surface area contributed by atoms with Crippen molar-refractivity contribution in [2.75, 3.05) is 13.7 Å². The number of hydrogen-bond donors (Lipinski definition) is 1. The summed E-state index contributed by atoms with van der Waals surface area (Å²) in [5.41, 5.74) is 6.00. The van der Waals surface area contributed by atoms with Crippen LogP contribution in [0, 0.1) is 0 Å². The summed E-state index contributed by atoms with van der Waals surface area (Å²) in [5.74, 6) is 0.725. The van der Waals surface area contributed by atoms with Crippen molar-refractivity contribution in [3.8, 4) is 5.75 Å². The summed E-state index contributed by atoms with van der Waals surface area (Å²) >= 11 is 1.43. The molecule has 0 saturated carbocycles. The fourth-order valence-electron chi connectivity index (χ4n) is 2.50. The molecule has 2 atom stereocenters. The van der Waals surface area contributed by atoms with Crippen LogP contribution in [0.2, 0.25) is 0 Å². The summed E-state index contributed by atoms with van der Waals surface area (Å²) in [7, 11) is 1.60. The van der Waals surface area contributed by atoms with Crippen LogP contribution in [0.25, 0.3) is 0 Å².